The van der Waals surface area contributed by atoms with Gasteiger partial charge >= 0.3 is 0 Å². The zero-order valence-electron chi connectivity index (χ0n) is 12.5. The number of nitrogens with one attached hydrogen (secondary N) is 2. The van der Waals surface area contributed by atoms with Crippen LogP contribution >= 0.6 is 0 Å². The molecule has 3 rings (SSSR count). The second-order valence-electron chi connectivity index (χ2n) is 5.15. The summed E-state index contributed by atoms with van der Waals surface area (Å²) < 4.78 is 0. The summed E-state index contributed by atoms with van der Waals surface area (Å²) in [6.45, 7) is 2.07. The van der Waals surface area contributed by atoms with Crippen LogP contribution in [0, 0.1) is 0 Å². The van der Waals surface area contributed by atoms with Gasteiger partial charge in [-0.1, -0.05) is 13.3 Å². The summed E-state index contributed by atoms with van der Waals surface area (Å²) >= 11 is 0. The summed E-state index contributed by atoms with van der Waals surface area (Å²) in [7, 11) is 0. The molecular formula is C17H18N4O. The number of pyridine rings is 2. The molecule has 1 amide bonds. The number of amides is 1. The Balaban J connectivity index is 1.98. The van der Waals surface area contributed by atoms with Gasteiger partial charge in [-0.3, -0.25) is 4.79 Å². The number of hydrogen-bond acceptors (Lipinski definition) is 3. The minimum Gasteiger partial charge on any atom is -0.346 e. The molecule has 0 aliphatic heterocycles. The Morgan fingerprint density at radius 1 is 1.18 bits per heavy atom. The molecule has 0 saturated heterocycles. The fraction of sp³-hybridized carbons (Fsp3) is 0.235. The molecule has 5 nitrogen and oxygen atoms in total. The van der Waals surface area contributed by atoms with Crippen molar-refractivity contribution in [3.63, 3.8) is 0 Å². The van der Waals surface area contributed by atoms with Gasteiger partial charge in [0.25, 0.3) is 0 Å². The molecule has 22 heavy (non-hydrogen) atoms. The predicted molar refractivity (Wildman–Crippen MR) is 87.5 cm³/mol. The van der Waals surface area contributed by atoms with E-state index in [1.165, 1.54) is 0 Å². The number of hydrogen-bond donors (Lipinski definition) is 2. The first-order valence-corrected chi connectivity index (χ1v) is 7.47. The first-order chi connectivity index (χ1) is 10.8. The summed E-state index contributed by atoms with van der Waals surface area (Å²) in [4.78, 5) is 23.7. The third-order valence-corrected chi connectivity index (χ3v) is 3.57. The van der Waals surface area contributed by atoms with Crippen LogP contribution in [0.15, 0.2) is 42.9 Å². The Morgan fingerprint density at radius 3 is 2.95 bits per heavy atom. The number of carbonyl (C=O) groups excluding carboxylic acids is 1. The van der Waals surface area contributed by atoms with E-state index in [9.17, 15) is 4.79 Å². The van der Waals surface area contributed by atoms with Crippen LogP contribution in [0.5, 0.6) is 0 Å². The van der Waals surface area contributed by atoms with E-state index < -0.39 is 0 Å². The second kappa shape index (κ2) is 6.39. The first kappa shape index (κ1) is 14.3. The largest absolute Gasteiger partial charge is 0.346 e. The number of unbranched alkanes of at least 4 members (excludes halogenated alkanes) is 1. The maximum atomic E-state index is 12.0. The summed E-state index contributed by atoms with van der Waals surface area (Å²) in [6, 6.07) is 7.75. The van der Waals surface area contributed by atoms with Crippen LogP contribution in [-0.2, 0) is 4.79 Å². The fourth-order valence-corrected chi connectivity index (χ4v) is 2.45. The Kier molecular flexibility index (Phi) is 4.14. The van der Waals surface area contributed by atoms with Gasteiger partial charge in [0, 0.05) is 36.0 Å². The van der Waals surface area contributed by atoms with E-state index in [1.807, 2.05) is 30.5 Å². The molecule has 0 saturated carbocycles. The molecule has 0 unspecified atom stereocenters. The van der Waals surface area contributed by atoms with Crippen molar-refractivity contribution < 1.29 is 4.79 Å². The number of nitrogens with zero attached hydrogens (tertiary/aromatic N) is 2. The van der Waals surface area contributed by atoms with Crippen LogP contribution < -0.4 is 5.32 Å². The quantitative estimate of drug-likeness (QED) is 0.752. The van der Waals surface area contributed by atoms with Gasteiger partial charge in [0.1, 0.15) is 11.5 Å². The van der Waals surface area contributed by atoms with Crippen molar-refractivity contribution in [2.75, 3.05) is 5.32 Å². The minimum atomic E-state index is 0.00108. The molecule has 112 valence electrons. The van der Waals surface area contributed by atoms with E-state index in [0.29, 0.717) is 12.2 Å². The van der Waals surface area contributed by atoms with E-state index >= 15 is 0 Å². The molecular weight excluding hydrogens is 276 g/mol. The number of aromatic nitrogens is 3. The summed E-state index contributed by atoms with van der Waals surface area (Å²) in [5, 5.41) is 3.93. The molecule has 2 N–H and O–H groups in total. The van der Waals surface area contributed by atoms with E-state index in [4.69, 9.17) is 0 Å². The number of carbonyl (C=O) groups is 1. The van der Waals surface area contributed by atoms with Crippen molar-refractivity contribution in [2.24, 2.45) is 0 Å². The van der Waals surface area contributed by atoms with Gasteiger partial charge < -0.3 is 10.3 Å². The van der Waals surface area contributed by atoms with Crippen LogP contribution in [0.2, 0.25) is 0 Å². The predicted octanol–water partition coefficient (Wildman–Crippen LogP) is 3.75. The number of fused-ring (bicyclic) bond motifs is 1. The summed E-state index contributed by atoms with van der Waals surface area (Å²) in [6.07, 6.45) is 7.69. The van der Waals surface area contributed by atoms with Gasteiger partial charge in [0.2, 0.25) is 5.91 Å². The van der Waals surface area contributed by atoms with E-state index in [1.54, 1.807) is 12.4 Å². The zero-order chi connectivity index (χ0) is 15.4. The van der Waals surface area contributed by atoms with Gasteiger partial charge in [0.05, 0.1) is 0 Å². The molecule has 0 atom stereocenters. The molecule has 0 radical (unpaired) electrons. The van der Waals surface area contributed by atoms with Gasteiger partial charge in [0.15, 0.2) is 0 Å². The zero-order valence-corrected chi connectivity index (χ0v) is 12.5. The third kappa shape index (κ3) is 2.83. The molecule has 3 aromatic rings. The highest BCUT2D eigenvalue weighted by Crippen LogP contribution is 2.31. The van der Waals surface area contributed by atoms with Crippen molar-refractivity contribution >= 4 is 22.8 Å². The summed E-state index contributed by atoms with van der Waals surface area (Å²) in [5.41, 5.74) is 2.73. The van der Waals surface area contributed by atoms with Gasteiger partial charge in [-0.05, 0) is 36.2 Å². The monoisotopic (exact) mass is 294 g/mol. The first-order valence-electron chi connectivity index (χ1n) is 7.47. The number of aromatic amines is 1. The normalized spacial score (nSPS) is 10.8. The van der Waals surface area contributed by atoms with Crippen LogP contribution in [0.4, 0.5) is 5.82 Å². The smallest absolute Gasteiger partial charge is 0.225 e. The standard InChI is InChI=1S/C17H18N4O/c1-2-3-6-15(22)21-17-13(5-4-9-18-17)12-7-10-19-16-14(12)8-11-20-16/h4-5,7-11H,2-3,6H2,1H3,(H,19,20)(H,18,21,22). The van der Waals surface area contributed by atoms with Crippen LogP contribution in [0.1, 0.15) is 26.2 Å². The van der Waals surface area contributed by atoms with E-state index in [2.05, 4.69) is 27.2 Å². The van der Waals surface area contributed by atoms with Crippen LogP contribution in [0.3, 0.4) is 0 Å². The average molecular weight is 294 g/mol. The van der Waals surface area contributed by atoms with Crippen molar-refractivity contribution in [3.8, 4) is 11.1 Å². The molecule has 0 fully saturated rings. The van der Waals surface area contributed by atoms with Crippen LogP contribution in [0.25, 0.3) is 22.2 Å². The summed E-state index contributed by atoms with van der Waals surface area (Å²) in [5.74, 6) is 0.596. The van der Waals surface area contributed by atoms with Gasteiger partial charge in [-0.25, -0.2) is 9.97 Å². The fourth-order valence-electron chi connectivity index (χ4n) is 2.45. The number of H-pyrrole nitrogens is 1. The van der Waals surface area contributed by atoms with Crippen molar-refractivity contribution in [2.45, 2.75) is 26.2 Å². The van der Waals surface area contributed by atoms with Gasteiger partial charge in [-0.15, -0.1) is 0 Å². The Bertz CT molecular complexity index is 794. The SMILES string of the molecule is CCCCC(=O)Nc1ncccc1-c1ccnc2[nH]ccc12. The molecule has 0 bridgehead atoms. The molecule has 3 aromatic heterocycles. The second-order valence-corrected chi connectivity index (χ2v) is 5.15. The van der Waals surface area contributed by atoms with Crippen molar-refractivity contribution in [1.29, 1.82) is 0 Å². The molecule has 0 spiro atoms. The van der Waals surface area contributed by atoms with E-state index in [0.717, 1.165) is 35.0 Å². The molecule has 0 aliphatic carbocycles. The maximum Gasteiger partial charge on any atom is 0.225 e. The Hall–Kier alpha value is -2.69. The number of anilines is 1. The van der Waals surface area contributed by atoms with Crippen molar-refractivity contribution in [3.05, 3.63) is 42.9 Å². The number of rotatable bonds is 5. The lowest BCUT2D eigenvalue weighted by Crippen LogP contribution is -2.13. The Labute approximate surface area is 128 Å². The lowest BCUT2D eigenvalue weighted by molar-refractivity contribution is -0.116. The lowest BCUT2D eigenvalue weighted by atomic mass is 10.0. The molecule has 0 aromatic carbocycles. The van der Waals surface area contributed by atoms with Gasteiger partial charge in [-0.2, -0.15) is 0 Å². The molecule has 0 aliphatic rings. The topological polar surface area (TPSA) is 70.7 Å². The Morgan fingerprint density at radius 2 is 2.09 bits per heavy atom. The highest BCUT2D eigenvalue weighted by molar-refractivity contribution is 5.99. The van der Waals surface area contributed by atoms with E-state index in [-0.39, 0.29) is 5.91 Å². The highest BCUT2D eigenvalue weighted by Gasteiger charge is 2.12. The highest BCUT2D eigenvalue weighted by atomic mass is 16.1. The molecule has 3 heterocycles. The minimum absolute atomic E-state index is 0.00108. The average Bonchev–Trinajstić information content (AvgIpc) is 3.02. The van der Waals surface area contributed by atoms with Crippen molar-refractivity contribution in [1.82, 2.24) is 15.0 Å². The maximum absolute atomic E-state index is 12.0. The molecule has 5 heteroatoms. The lowest BCUT2D eigenvalue weighted by Gasteiger charge is -2.10. The van der Waals surface area contributed by atoms with Crippen LogP contribution in [-0.4, -0.2) is 20.9 Å². The third-order valence-electron chi connectivity index (χ3n) is 3.57.